The van der Waals surface area contributed by atoms with Gasteiger partial charge in [0.2, 0.25) is 0 Å². The Kier molecular flexibility index (Phi) is 3.30. The second kappa shape index (κ2) is 4.55. The van der Waals surface area contributed by atoms with Gasteiger partial charge in [-0.15, -0.1) is 11.3 Å². The molecule has 1 aromatic heterocycles. The molecule has 1 aromatic rings. The minimum absolute atomic E-state index is 0.288. The van der Waals surface area contributed by atoms with Gasteiger partial charge in [-0.05, 0) is 37.3 Å². The van der Waals surface area contributed by atoms with E-state index in [0.717, 1.165) is 13.0 Å². The SMILES string of the molecule is CC(CC(=N)N)N1CCc2sccc2C1C. The molecule has 3 nitrogen and oxygen atoms in total. The lowest BCUT2D eigenvalue weighted by Crippen LogP contribution is -2.41. The van der Waals surface area contributed by atoms with Gasteiger partial charge in [0.15, 0.2) is 0 Å². The first-order valence-corrected chi connectivity index (χ1v) is 6.62. The number of hydrogen-bond acceptors (Lipinski definition) is 3. The van der Waals surface area contributed by atoms with Gasteiger partial charge in [0.05, 0.1) is 5.84 Å². The summed E-state index contributed by atoms with van der Waals surface area (Å²) in [6, 6.07) is 3.06. The highest BCUT2D eigenvalue weighted by atomic mass is 32.1. The zero-order valence-electron chi connectivity index (χ0n) is 9.86. The zero-order valence-corrected chi connectivity index (χ0v) is 10.7. The first-order valence-electron chi connectivity index (χ1n) is 5.74. The summed E-state index contributed by atoms with van der Waals surface area (Å²) in [6.07, 6.45) is 1.81. The Hall–Kier alpha value is -0.870. The number of fused-ring (bicyclic) bond motifs is 1. The molecule has 0 fully saturated rings. The van der Waals surface area contributed by atoms with Crippen LogP contribution >= 0.6 is 11.3 Å². The lowest BCUT2D eigenvalue weighted by molar-refractivity contribution is 0.148. The molecule has 2 atom stereocenters. The standard InChI is InChI=1S/C12H19N3S/c1-8(7-12(13)14)15-5-3-11-10(9(15)2)4-6-16-11/h4,6,8-9H,3,5,7H2,1-2H3,(H3,13,14). The van der Waals surface area contributed by atoms with E-state index in [2.05, 4.69) is 30.2 Å². The van der Waals surface area contributed by atoms with Crippen LogP contribution in [-0.2, 0) is 6.42 Å². The van der Waals surface area contributed by atoms with Crippen LogP contribution in [0.2, 0.25) is 0 Å². The Balaban J connectivity index is 2.12. The number of nitrogens with two attached hydrogens (primary N) is 1. The van der Waals surface area contributed by atoms with Crippen molar-refractivity contribution >= 4 is 17.2 Å². The molecule has 88 valence electrons. The second-order valence-corrected chi connectivity index (χ2v) is 5.54. The van der Waals surface area contributed by atoms with Crippen molar-refractivity contribution in [2.75, 3.05) is 6.54 Å². The smallest absolute Gasteiger partial charge is 0.0920 e. The lowest BCUT2D eigenvalue weighted by atomic mass is 9.98. The Morgan fingerprint density at radius 3 is 3.19 bits per heavy atom. The summed E-state index contributed by atoms with van der Waals surface area (Å²) in [5, 5.41) is 9.56. The molecule has 2 rings (SSSR count). The summed E-state index contributed by atoms with van der Waals surface area (Å²) < 4.78 is 0. The molecule has 0 spiro atoms. The van der Waals surface area contributed by atoms with Crippen molar-refractivity contribution in [2.24, 2.45) is 5.73 Å². The highest BCUT2D eigenvalue weighted by Crippen LogP contribution is 2.34. The van der Waals surface area contributed by atoms with Crippen LogP contribution in [0.1, 0.15) is 36.8 Å². The molecular formula is C12H19N3S. The van der Waals surface area contributed by atoms with Crippen LogP contribution in [0.3, 0.4) is 0 Å². The van der Waals surface area contributed by atoms with E-state index in [-0.39, 0.29) is 5.84 Å². The molecule has 0 aromatic carbocycles. The summed E-state index contributed by atoms with van der Waals surface area (Å²) in [5.41, 5.74) is 6.94. The van der Waals surface area contributed by atoms with E-state index in [9.17, 15) is 0 Å². The van der Waals surface area contributed by atoms with Crippen molar-refractivity contribution in [1.82, 2.24) is 4.90 Å². The molecule has 0 saturated carbocycles. The summed E-state index contributed by atoms with van der Waals surface area (Å²) in [7, 11) is 0. The summed E-state index contributed by atoms with van der Waals surface area (Å²) >= 11 is 1.86. The normalized spacial score (nSPS) is 22.8. The fourth-order valence-corrected chi connectivity index (χ4v) is 3.53. The average molecular weight is 237 g/mol. The number of nitrogens with zero attached hydrogens (tertiary/aromatic N) is 1. The number of rotatable bonds is 3. The Bertz CT molecular complexity index is 385. The highest BCUT2D eigenvalue weighted by Gasteiger charge is 2.28. The van der Waals surface area contributed by atoms with E-state index in [1.54, 1.807) is 0 Å². The van der Waals surface area contributed by atoms with E-state index in [1.165, 1.54) is 10.4 Å². The van der Waals surface area contributed by atoms with Crippen molar-refractivity contribution in [3.63, 3.8) is 0 Å². The monoisotopic (exact) mass is 237 g/mol. The first kappa shape index (κ1) is 11.6. The predicted molar refractivity (Wildman–Crippen MR) is 69.1 cm³/mol. The minimum Gasteiger partial charge on any atom is -0.388 e. The van der Waals surface area contributed by atoms with Crippen molar-refractivity contribution in [3.05, 3.63) is 21.9 Å². The van der Waals surface area contributed by atoms with Crippen LogP contribution in [0.25, 0.3) is 0 Å². The molecule has 0 bridgehead atoms. The van der Waals surface area contributed by atoms with Gasteiger partial charge in [0.25, 0.3) is 0 Å². The Morgan fingerprint density at radius 2 is 2.50 bits per heavy atom. The number of hydrogen-bond donors (Lipinski definition) is 2. The maximum Gasteiger partial charge on any atom is 0.0920 e. The quantitative estimate of drug-likeness (QED) is 0.626. The summed E-state index contributed by atoms with van der Waals surface area (Å²) in [5.74, 6) is 0.288. The lowest BCUT2D eigenvalue weighted by Gasteiger charge is -2.38. The number of nitrogens with one attached hydrogen (secondary N) is 1. The van der Waals surface area contributed by atoms with Gasteiger partial charge in [-0.25, -0.2) is 0 Å². The topological polar surface area (TPSA) is 53.1 Å². The van der Waals surface area contributed by atoms with Crippen LogP contribution in [-0.4, -0.2) is 23.3 Å². The van der Waals surface area contributed by atoms with Crippen molar-refractivity contribution in [3.8, 4) is 0 Å². The molecule has 0 amide bonds. The molecule has 3 N–H and O–H groups in total. The maximum atomic E-state index is 7.38. The minimum atomic E-state index is 0.288. The molecule has 2 heterocycles. The van der Waals surface area contributed by atoms with Gasteiger partial charge >= 0.3 is 0 Å². The second-order valence-electron chi connectivity index (χ2n) is 4.54. The Morgan fingerprint density at radius 1 is 1.75 bits per heavy atom. The maximum absolute atomic E-state index is 7.38. The summed E-state index contributed by atoms with van der Waals surface area (Å²) in [4.78, 5) is 3.98. The zero-order chi connectivity index (χ0) is 11.7. The van der Waals surface area contributed by atoms with Crippen LogP contribution in [0.15, 0.2) is 11.4 Å². The van der Waals surface area contributed by atoms with E-state index < -0.39 is 0 Å². The molecule has 16 heavy (non-hydrogen) atoms. The van der Waals surface area contributed by atoms with Gasteiger partial charge in [-0.3, -0.25) is 10.3 Å². The number of thiophene rings is 1. The number of amidine groups is 1. The third-order valence-corrected chi connectivity index (χ3v) is 4.40. The molecule has 0 saturated heterocycles. The van der Waals surface area contributed by atoms with Crippen molar-refractivity contribution in [1.29, 1.82) is 5.41 Å². The molecule has 2 unspecified atom stereocenters. The third kappa shape index (κ3) is 2.13. The molecule has 0 radical (unpaired) electrons. The van der Waals surface area contributed by atoms with Gasteiger partial charge in [0.1, 0.15) is 0 Å². The predicted octanol–water partition coefficient (Wildman–Crippen LogP) is 2.38. The first-order chi connectivity index (χ1) is 7.59. The van der Waals surface area contributed by atoms with Crippen LogP contribution < -0.4 is 5.73 Å². The fourth-order valence-electron chi connectivity index (χ4n) is 2.57. The van der Waals surface area contributed by atoms with Crippen LogP contribution in [0.5, 0.6) is 0 Å². The molecule has 1 aliphatic heterocycles. The fraction of sp³-hybridized carbons (Fsp3) is 0.583. The van der Waals surface area contributed by atoms with Crippen LogP contribution in [0, 0.1) is 5.41 Å². The third-order valence-electron chi connectivity index (χ3n) is 3.41. The van der Waals surface area contributed by atoms with Crippen LogP contribution in [0.4, 0.5) is 0 Å². The highest BCUT2D eigenvalue weighted by molar-refractivity contribution is 7.10. The van der Waals surface area contributed by atoms with E-state index in [1.807, 2.05) is 11.3 Å². The van der Waals surface area contributed by atoms with Gasteiger partial charge in [-0.2, -0.15) is 0 Å². The van der Waals surface area contributed by atoms with E-state index >= 15 is 0 Å². The van der Waals surface area contributed by atoms with Gasteiger partial charge < -0.3 is 5.73 Å². The Labute approximate surface area is 101 Å². The van der Waals surface area contributed by atoms with Gasteiger partial charge in [0, 0.05) is 29.9 Å². The van der Waals surface area contributed by atoms with E-state index in [0.29, 0.717) is 18.5 Å². The molecular weight excluding hydrogens is 218 g/mol. The van der Waals surface area contributed by atoms with E-state index in [4.69, 9.17) is 11.1 Å². The summed E-state index contributed by atoms with van der Waals surface area (Å²) in [6.45, 7) is 5.50. The van der Waals surface area contributed by atoms with Gasteiger partial charge in [-0.1, -0.05) is 0 Å². The van der Waals surface area contributed by atoms with Crippen molar-refractivity contribution in [2.45, 2.75) is 38.8 Å². The molecule has 1 aliphatic rings. The molecule has 0 aliphatic carbocycles. The average Bonchev–Trinajstić information content (AvgIpc) is 2.65. The molecule has 4 heteroatoms. The largest absolute Gasteiger partial charge is 0.388 e. The van der Waals surface area contributed by atoms with Crippen molar-refractivity contribution < 1.29 is 0 Å².